The van der Waals surface area contributed by atoms with Crippen LogP contribution in [0, 0.1) is 5.82 Å². The minimum Gasteiger partial charge on any atom is -0.493 e. The van der Waals surface area contributed by atoms with Crippen molar-refractivity contribution in [3.05, 3.63) is 84.2 Å². The number of amides is 1. The maximum Gasteiger partial charge on any atom is 0.265 e. The standard InChI is InChI=1S/C26H29FN2O5S2/c1-33-24-14-13-21(17-25(24)34-2)36(31,32)29(23-12-7-6-11-22(23)27)18-26(30)28-15-8-16-35-19-20-9-4-3-5-10-20/h3-7,9-14,17H,8,15-16,18-19H2,1-2H3,(H,28,30). The molecule has 0 radical (unpaired) electrons. The van der Waals surface area contributed by atoms with E-state index in [-0.39, 0.29) is 16.3 Å². The fraction of sp³-hybridized carbons (Fsp3) is 0.269. The molecule has 0 spiro atoms. The number of rotatable bonds is 13. The quantitative estimate of drug-likeness (QED) is 0.327. The Labute approximate surface area is 215 Å². The molecule has 0 heterocycles. The number of nitrogens with one attached hydrogen (secondary N) is 1. The zero-order valence-corrected chi connectivity index (χ0v) is 21.8. The molecule has 192 valence electrons. The lowest BCUT2D eigenvalue weighted by molar-refractivity contribution is -0.119. The van der Waals surface area contributed by atoms with Crippen LogP contribution < -0.4 is 19.1 Å². The van der Waals surface area contributed by atoms with Crippen LogP contribution in [0.1, 0.15) is 12.0 Å². The maximum absolute atomic E-state index is 14.6. The van der Waals surface area contributed by atoms with E-state index in [1.165, 1.54) is 56.2 Å². The minimum absolute atomic E-state index is 0.159. The third-order valence-electron chi connectivity index (χ3n) is 5.25. The lowest BCUT2D eigenvalue weighted by Crippen LogP contribution is -2.41. The van der Waals surface area contributed by atoms with Gasteiger partial charge in [-0.15, -0.1) is 0 Å². The van der Waals surface area contributed by atoms with E-state index in [4.69, 9.17) is 9.47 Å². The van der Waals surface area contributed by atoms with E-state index in [9.17, 15) is 17.6 Å². The van der Waals surface area contributed by atoms with Crippen molar-refractivity contribution >= 4 is 33.4 Å². The number of carbonyl (C=O) groups excluding carboxylic acids is 1. The normalized spacial score (nSPS) is 11.1. The average Bonchev–Trinajstić information content (AvgIpc) is 2.89. The first-order chi connectivity index (χ1) is 17.4. The Morgan fingerprint density at radius 2 is 1.67 bits per heavy atom. The third-order valence-corrected chi connectivity index (χ3v) is 8.12. The number of benzene rings is 3. The average molecular weight is 533 g/mol. The number of ether oxygens (including phenoxy) is 2. The molecule has 10 heteroatoms. The van der Waals surface area contributed by atoms with Crippen molar-refractivity contribution < 1.29 is 27.1 Å². The van der Waals surface area contributed by atoms with Gasteiger partial charge in [-0.25, -0.2) is 12.8 Å². The molecule has 0 saturated heterocycles. The molecule has 0 atom stereocenters. The highest BCUT2D eigenvalue weighted by molar-refractivity contribution is 7.98. The number of methoxy groups -OCH3 is 2. The molecular weight excluding hydrogens is 503 g/mol. The molecule has 3 aromatic carbocycles. The van der Waals surface area contributed by atoms with Crippen LogP contribution in [0.4, 0.5) is 10.1 Å². The van der Waals surface area contributed by atoms with Crippen LogP contribution >= 0.6 is 11.8 Å². The first kappa shape index (κ1) is 27.3. The van der Waals surface area contributed by atoms with E-state index in [0.717, 1.165) is 21.9 Å². The smallest absolute Gasteiger partial charge is 0.265 e. The van der Waals surface area contributed by atoms with E-state index < -0.39 is 28.3 Å². The minimum atomic E-state index is -4.31. The molecule has 0 saturated carbocycles. The monoisotopic (exact) mass is 532 g/mol. The second-order valence-corrected chi connectivity index (χ2v) is 10.7. The number of thioether (sulfide) groups is 1. The Hall–Kier alpha value is -3.24. The van der Waals surface area contributed by atoms with Gasteiger partial charge < -0.3 is 14.8 Å². The number of nitrogens with zero attached hydrogens (tertiary/aromatic N) is 1. The molecule has 3 rings (SSSR count). The molecule has 0 unspecified atom stereocenters. The van der Waals surface area contributed by atoms with Gasteiger partial charge in [0.05, 0.1) is 24.8 Å². The van der Waals surface area contributed by atoms with Gasteiger partial charge in [0.25, 0.3) is 10.0 Å². The van der Waals surface area contributed by atoms with Crippen LogP contribution in [0.2, 0.25) is 0 Å². The van der Waals surface area contributed by atoms with Gasteiger partial charge in [-0.05, 0) is 42.0 Å². The number of anilines is 1. The van der Waals surface area contributed by atoms with Crippen molar-refractivity contribution in [2.24, 2.45) is 0 Å². The molecule has 0 aliphatic heterocycles. The van der Waals surface area contributed by atoms with Gasteiger partial charge in [0.15, 0.2) is 11.5 Å². The van der Waals surface area contributed by atoms with E-state index in [0.29, 0.717) is 18.7 Å². The molecule has 0 bridgehead atoms. The van der Waals surface area contributed by atoms with Crippen LogP contribution in [0.15, 0.2) is 77.7 Å². The zero-order chi connectivity index (χ0) is 26.0. The first-order valence-electron chi connectivity index (χ1n) is 11.2. The van der Waals surface area contributed by atoms with Gasteiger partial charge in [-0.3, -0.25) is 9.10 Å². The van der Waals surface area contributed by atoms with E-state index in [1.807, 2.05) is 18.2 Å². The van der Waals surface area contributed by atoms with Crippen LogP contribution in [-0.2, 0) is 20.6 Å². The number of carbonyl (C=O) groups is 1. The molecule has 1 N–H and O–H groups in total. The summed E-state index contributed by atoms with van der Waals surface area (Å²) in [5, 5.41) is 2.74. The predicted molar refractivity (Wildman–Crippen MR) is 141 cm³/mol. The molecule has 0 aliphatic rings. The lowest BCUT2D eigenvalue weighted by Gasteiger charge is -2.25. The second kappa shape index (κ2) is 13.2. The summed E-state index contributed by atoms with van der Waals surface area (Å²) >= 11 is 1.75. The summed E-state index contributed by atoms with van der Waals surface area (Å²) in [6, 6.07) is 19.6. The predicted octanol–water partition coefficient (Wildman–Crippen LogP) is 4.48. The summed E-state index contributed by atoms with van der Waals surface area (Å²) in [4.78, 5) is 12.5. The molecule has 7 nitrogen and oxygen atoms in total. The highest BCUT2D eigenvalue weighted by Crippen LogP contribution is 2.32. The van der Waals surface area contributed by atoms with Gasteiger partial charge in [0.2, 0.25) is 5.91 Å². The molecule has 3 aromatic rings. The lowest BCUT2D eigenvalue weighted by atomic mass is 10.2. The van der Waals surface area contributed by atoms with Crippen LogP contribution in [0.5, 0.6) is 11.5 Å². The summed E-state index contributed by atoms with van der Waals surface area (Å²) < 4.78 is 52.8. The van der Waals surface area contributed by atoms with Crippen molar-refractivity contribution in [1.82, 2.24) is 5.32 Å². The molecule has 1 amide bonds. The topological polar surface area (TPSA) is 84.9 Å². The molecule has 0 aromatic heterocycles. The fourth-order valence-corrected chi connectivity index (χ4v) is 5.78. The van der Waals surface area contributed by atoms with Crippen LogP contribution in [0.25, 0.3) is 0 Å². The molecular formula is C26H29FN2O5S2. The van der Waals surface area contributed by atoms with Crippen molar-refractivity contribution in [2.45, 2.75) is 17.1 Å². The van der Waals surface area contributed by atoms with Gasteiger partial charge >= 0.3 is 0 Å². The van der Waals surface area contributed by atoms with Crippen molar-refractivity contribution in [3.63, 3.8) is 0 Å². The highest BCUT2D eigenvalue weighted by Gasteiger charge is 2.30. The molecule has 0 fully saturated rings. The largest absolute Gasteiger partial charge is 0.493 e. The number of hydrogen-bond donors (Lipinski definition) is 1. The van der Waals surface area contributed by atoms with Crippen molar-refractivity contribution in [2.75, 3.05) is 37.4 Å². The SMILES string of the molecule is COc1ccc(S(=O)(=O)N(CC(=O)NCCCSCc2ccccc2)c2ccccc2F)cc1OC. The Morgan fingerprint density at radius 1 is 0.972 bits per heavy atom. The van der Waals surface area contributed by atoms with Gasteiger partial charge in [-0.2, -0.15) is 11.8 Å². The molecule has 36 heavy (non-hydrogen) atoms. The Morgan fingerprint density at radius 3 is 2.36 bits per heavy atom. The number of sulfonamides is 1. The maximum atomic E-state index is 14.6. The van der Waals surface area contributed by atoms with Crippen LogP contribution in [-0.4, -0.2) is 47.4 Å². The Bertz CT molecular complexity index is 1260. The van der Waals surface area contributed by atoms with Gasteiger partial charge in [-0.1, -0.05) is 42.5 Å². The van der Waals surface area contributed by atoms with E-state index in [1.54, 1.807) is 11.8 Å². The fourth-order valence-electron chi connectivity index (χ4n) is 3.41. The summed E-state index contributed by atoms with van der Waals surface area (Å²) in [5.41, 5.74) is 1.01. The summed E-state index contributed by atoms with van der Waals surface area (Å²) in [6.07, 6.45) is 0.714. The molecule has 0 aliphatic carbocycles. The third kappa shape index (κ3) is 7.14. The zero-order valence-electron chi connectivity index (χ0n) is 20.1. The van der Waals surface area contributed by atoms with Crippen LogP contribution in [0.3, 0.4) is 0 Å². The number of hydrogen-bond acceptors (Lipinski definition) is 6. The van der Waals surface area contributed by atoms with Gasteiger partial charge in [0, 0.05) is 18.4 Å². The summed E-state index contributed by atoms with van der Waals surface area (Å²) in [5.74, 6) is 0.957. The second-order valence-electron chi connectivity index (χ2n) is 7.72. The Kier molecular flexibility index (Phi) is 10.0. The Balaban J connectivity index is 1.68. The van der Waals surface area contributed by atoms with Crippen molar-refractivity contribution in [3.8, 4) is 11.5 Å². The van der Waals surface area contributed by atoms with Gasteiger partial charge in [0.1, 0.15) is 12.4 Å². The number of para-hydroxylation sites is 1. The highest BCUT2D eigenvalue weighted by atomic mass is 32.2. The van der Waals surface area contributed by atoms with E-state index in [2.05, 4.69) is 17.4 Å². The first-order valence-corrected chi connectivity index (χ1v) is 13.8. The van der Waals surface area contributed by atoms with E-state index >= 15 is 0 Å². The van der Waals surface area contributed by atoms with Crippen molar-refractivity contribution in [1.29, 1.82) is 0 Å². The summed E-state index contributed by atoms with van der Waals surface area (Å²) in [7, 11) is -1.49. The summed E-state index contributed by atoms with van der Waals surface area (Å²) in [6.45, 7) is -0.198. The number of halogens is 1.